The summed E-state index contributed by atoms with van der Waals surface area (Å²) >= 11 is 0. The third kappa shape index (κ3) is 5.01. The summed E-state index contributed by atoms with van der Waals surface area (Å²) in [6, 6.07) is 17.1. The minimum absolute atomic E-state index is 0.00162. The first-order valence-corrected chi connectivity index (χ1v) is 12.8. The average Bonchev–Trinajstić information content (AvgIpc) is 2.80. The third-order valence-corrected chi connectivity index (χ3v) is 8.71. The van der Waals surface area contributed by atoms with E-state index in [1.165, 1.54) is 5.56 Å². The predicted octanol–water partition coefficient (Wildman–Crippen LogP) is 4.34. The average molecular weight is 441 g/mol. The van der Waals surface area contributed by atoms with Gasteiger partial charge in [-0.1, -0.05) is 42.8 Å². The fraction of sp³-hybridized carbons (Fsp3) is 0.480. The van der Waals surface area contributed by atoms with Gasteiger partial charge in [-0.25, -0.2) is 8.42 Å². The Morgan fingerprint density at radius 1 is 0.935 bits per heavy atom. The van der Waals surface area contributed by atoms with Gasteiger partial charge < -0.3 is 4.90 Å². The molecule has 2 fully saturated rings. The molecule has 0 radical (unpaired) electrons. The quantitative estimate of drug-likeness (QED) is 0.695. The molecule has 0 saturated carbocycles. The van der Waals surface area contributed by atoms with E-state index >= 15 is 0 Å². The van der Waals surface area contributed by atoms with Gasteiger partial charge in [0.15, 0.2) is 0 Å². The van der Waals surface area contributed by atoms with Crippen molar-refractivity contribution in [2.24, 2.45) is 5.92 Å². The van der Waals surface area contributed by atoms with E-state index < -0.39 is 10.0 Å². The fourth-order valence-electron chi connectivity index (χ4n) is 4.82. The summed E-state index contributed by atoms with van der Waals surface area (Å²) in [5, 5.41) is 0. The van der Waals surface area contributed by atoms with E-state index in [-0.39, 0.29) is 16.8 Å². The van der Waals surface area contributed by atoms with Crippen LogP contribution in [-0.2, 0) is 16.4 Å². The van der Waals surface area contributed by atoms with Crippen LogP contribution in [0.3, 0.4) is 0 Å². The smallest absolute Gasteiger partial charge is 0.253 e. The van der Waals surface area contributed by atoms with Gasteiger partial charge in [0.1, 0.15) is 0 Å². The van der Waals surface area contributed by atoms with Gasteiger partial charge in [0.2, 0.25) is 10.0 Å². The Hall–Kier alpha value is -2.18. The molecule has 4 rings (SSSR count). The fourth-order valence-corrected chi connectivity index (χ4v) is 6.57. The van der Waals surface area contributed by atoms with Crippen molar-refractivity contribution in [2.75, 3.05) is 19.6 Å². The highest BCUT2D eigenvalue weighted by atomic mass is 32.2. The molecule has 0 aliphatic carbocycles. The van der Waals surface area contributed by atoms with E-state index in [4.69, 9.17) is 0 Å². The third-order valence-electron chi connectivity index (χ3n) is 6.70. The SMILES string of the molecule is CC1CCCCN1S(=O)(=O)c1cccc(C(=O)N2CCC(Cc3ccccc3)CC2)c1. The van der Waals surface area contributed by atoms with Crippen LogP contribution in [0.2, 0.25) is 0 Å². The molecule has 2 aromatic carbocycles. The van der Waals surface area contributed by atoms with Crippen molar-refractivity contribution in [1.82, 2.24) is 9.21 Å². The molecule has 1 unspecified atom stereocenters. The van der Waals surface area contributed by atoms with Crippen LogP contribution in [0.5, 0.6) is 0 Å². The molecule has 166 valence electrons. The first-order valence-electron chi connectivity index (χ1n) is 11.4. The second-order valence-corrected chi connectivity index (χ2v) is 10.8. The lowest BCUT2D eigenvalue weighted by Gasteiger charge is -2.33. The van der Waals surface area contributed by atoms with Crippen molar-refractivity contribution < 1.29 is 13.2 Å². The Bertz CT molecular complexity index is 998. The van der Waals surface area contributed by atoms with Crippen LogP contribution in [0.25, 0.3) is 0 Å². The first kappa shape index (κ1) is 22.0. The monoisotopic (exact) mass is 440 g/mol. The minimum Gasteiger partial charge on any atom is -0.339 e. The summed E-state index contributed by atoms with van der Waals surface area (Å²) in [6.07, 6.45) is 5.83. The topological polar surface area (TPSA) is 57.7 Å². The Morgan fingerprint density at radius 2 is 1.68 bits per heavy atom. The maximum absolute atomic E-state index is 13.2. The maximum atomic E-state index is 13.2. The van der Waals surface area contributed by atoms with Crippen LogP contribution in [-0.4, -0.2) is 49.2 Å². The Labute approximate surface area is 186 Å². The summed E-state index contributed by atoms with van der Waals surface area (Å²) in [5.74, 6) is 0.514. The van der Waals surface area contributed by atoms with E-state index in [1.807, 2.05) is 17.9 Å². The van der Waals surface area contributed by atoms with Crippen molar-refractivity contribution in [2.45, 2.75) is 56.4 Å². The van der Waals surface area contributed by atoms with Crippen molar-refractivity contribution >= 4 is 15.9 Å². The molecule has 2 aliphatic rings. The summed E-state index contributed by atoms with van der Waals surface area (Å²) < 4.78 is 27.9. The van der Waals surface area contributed by atoms with Gasteiger partial charge in [-0.15, -0.1) is 0 Å². The molecule has 0 N–H and O–H groups in total. The molecule has 6 heteroatoms. The molecular formula is C25H32N2O3S. The zero-order chi connectivity index (χ0) is 21.8. The molecule has 1 amide bonds. The van der Waals surface area contributed by atoms with Gasteiger partial charge in [0.05, 0.1) is 4.90 Å². The summed E-state index contributed by atoms with van der Waals surface area (Å²) in [6.45, 7) is 3.95. The number of rotatable bonds is 5. The van der Waals surface area contributed by atoms with Gasteiger partial charge >= 0.3 is 0 Å². The molecule has 2 saturated heterocycles. The number of likely N-dealkylation sites (tertiary alicyclic amines) is 1. The number of sulfonamides is 1. The van der Waals surface area contributed by atoms with E-state index in [9.17, 15) is 13.2 Å². The molecule has 2 aromatic rings. The molecule has 0 aromatic heterocycles. The molecular weight excluding hydrogens is 408 g/mol. The van der Waals surface area contributed by atoms with Gasteiger partial charge in [0.25, 0.3) is 5.91 Å². The first-order chi connectivity index (χ1) is 14.9. The number of nitrogens with zero attached hydrogens (tertiary/aromatic N) is 2. The Kier molecular flexibility index (Phi) is 6.77. The van der Waals surface area contributed by atoms with E-state index in [2.05, 4.69) is 24.3 Å². The largest absolute Gasteiger partial charge is 0.339 e. The Morgan fingerprint density at radius 3 is 2.39 bits per heavy atom. The van der Waals surface area contributed by atoms with Crippen LogP contribution in [0.4, 0.5) is 0 Å². The lowest BCUT2D eigenvalue weighted by atomic mass is 9.90. The van der Waals surface area contributed by atoms with Crippen molar-refractivity contribution in [3.05, 3.63) is 65.7 Å². The van der Waals surface area contributed by atoms with Crippen LogP contribution in [0.15, 0.2) is 59.5 Å². The lowest BCUT2D eigenvalue weighted by molar-refractivity contribution is 0.0690. The van der Waals surface area contributed by atoms with Gasteiger partial charge in [0, 0.05) is 31.2 Å². The number of piperidine rings is 2. The molecule has 31 heavy (non-hydrogen) atoms. The highest BCUT2D eigenvalue weighted by molar-refractivity contribution is 7.89. The lowest BCUT2D eigenvalue weighted by Crippen LogP contribution is -2.42. The number of benzene rings is 2. The predicted molar refractivity (Wildman–Crippen MR) is 122 cm³/mol. The minimum atomic E-state index is -3.58. The summed E-state index contributed by atoms with van der Waals surface area (Å²) in [7, 11) is -3.58. The normalized spacial score (nSPS) is 21.2. The number of amides is 1. The Balaban J connectivity index is 1.42. The molecule has 2 heterocycles. The molecule has 0 bridgehead atoms. The number of hydrogen-bond donors (Lipinski definition) is 0. The highest BCUT2D eigenvalue weighted by Gasteiger charge is 2.32. The zero-order valence-electron chi connectivity index (χ0n) is 18.2. The number of carbonyl (C=O) groups is 1. The van der Waals surface area contributed by atoms with E-state index in [0.717, 1.165) is 51.6 Å². The van der Waals surface area contributed by atoms with Crippen LogP contribution in [0.1, 0.15) is 54.9 Å². The van der Waals surface area contributed by atoms with Crippen LogP contribution >= 0.6 is 0 Å². The van der Waals surface area contributed by atoms with Crippen molar-refractivity contribution in [3.8, 4) is 0 Å². The van der Waals surface area contributed by atoms with Gasteiger partial charge in [-0.2, -0.15) is 4.31 Å². The highest BCUT2D eigenvalue weighted by Crippen LogP contribution is 2.27. The van der Waals surface area contributed by atoms with Crippen LogP contribution < -0.4 is 0 Å². The standard InChI is InChI=1S/C25H32N2O3S/c1-20-8-5-6-15-27(20)31(29,30)24-12-7-11-23(19-24)25(28)26-16-13-22(14-17-26)18-21-9-3-2-4-10-21/h2-4,7,9-12,19-20,22H,5-6,8,13-18H2,1H3. The summed E-state index contributed by atoms with van der Waals surface area (Å²) in [4.78, 5) is 15.2. The second-order valence-electron chi connectivity index (χ2n) is 8.91. The number of hydrogen-bond acceptors (Lipinski definition) is 3. The summed E-state index contributed by atoms with van der Waals surface area (Å²) in [5.41, 5.74) is 1.81. The second kappa shape index (κ2) is 9.53. The van der Waals surface area contributed by atoms with Crippen molar-refractivity contribution in [1.29, 1.82) is 0 Å². The zero-order valence-corrected chi connectivity index (χ0v) is 19.1. The molecule has 2 aliphatic heterocycles. The van der Waals surface area contributed by atoms with Crippen LogP contribution in [0, 0.1) is 5.92 Å². The van der Waals surface area contributed by atoms with E-state index in [1.54, 1.807) is 28.6 Å². The van der Waals surface area contributed by atoms with Gasteiger partial charge in [-0.05, 0) is 68.7 Å². The maximum Gasteiger partial charge on any atom is 0.253 e. The van der Waals surface area contributed by atoms with Gasteiger partial charge in [-0.3, -0.25) is 4.79 Å². The van der Waals surface area contributed by atoms with Crippen molar-refractivity contribution in [3.63, 3.8) is 0 Å². The number of carbonyl (C=O) groups excluding carboxylic acids is 1. The molecule has 5 nitrogen and oxygen atoms in total. The van der Waals surface area contributed by atoms with E-state index in [0.29, 0.717) is 18.0 Å². The molecule has 0 spiro atoms. The molecule has 1 atom stereocenters.